The second kappa shape index (κ2) is 19.1. The van der Waals surface area contributed by atoms with E-state index in [-0.39, 0.29) is 56.2 Å². The Kier molecular flexibility index (Phi) is 14.2. The number of carbonyl (C=O) groups is 5. The first-order valence-corrected chi connectivity index (χ1v) is 19.6. The maximum atomic E-state index is 14.6. The molecule has 1 saturated heterocycles. The molecule has 318 valence electrons. The SMILES string of the molecule is COC(=O)C1(N(C(=O)c2ccco2)c2cccc(N(C(=O)OC(C)(C)C)C(N)=NC(=O)OC(C)(C)C)c2)CCN(CC(C(=O)OCc2ccccc2)c2ccccc2)CC1. The van der Waals surface area contributed by atoms with Crippen molar-refractivity contribution in [3.8, 4) is 0 Å². The Labute approximate surface area is 350 Å². The maximum absolute atomic E-state index is 14.6. The third-order valence-corrected chi connectivity index (χ3v) is 9.51. The van der Waals surface area contributed by atoms with E-state index >= 15 is 0 Å². The van der Waals surface area contributed by atoms with Gasteiger partial charge in [0.15, 0.2) is 5.76 Å². The van der Waals surface area contributed by atoms with Gasteiger partial charge in [-0.1, -0.05) is 66.7 Å². The van der Waals surface area contributed by atoms with Crippen LogP contribution >= 0.6 is 0 Å². The highest BCUT2D eigenvalue weighted by Gasteiger charge is 2.51. The summed E-state index contributed by atoms with van der Waals surface area (Å²) in [5, 5.41) is 0. The fourth-order valence-corrected chi connectivity index (χ4v) is 6.81. The fourth-order valence-electron chi connectivity index (χ4n) is 6.81. The van der Waals surface area contributed by atoms with Crippen LogP contribution in [0.25, 0.3) is 0 Å². The van der Waals surface area contributed by atoms with Crippen LogP contribution in [0.15, 0.2) is 113 Å². The number of piperidine rings is 1. The van der Waals surface area contributed by atoms with Crippen molar-refractivity contribution in [1.82, 2.24) is 4.90 Å². The van der Waals surface area contributed by atoms with E-state index in [1.54, 1.807) is 59.7 Å². The number of nitrogens with two attached hydrogens (primary N) is 1. The van der Waals surface area contributed by atoms with Gasteiger partial charge in [0.05, 0.1) is 25.0 Å². The zero-order chi connectivity index (χ0) is 43.7. The van der Waals surface area contributed by atoms with Crippen LogP contribution in [0.2, 0.25) is 0 Å². The van der Waals surface area contributed by atoms with Gasteiger partial charge in [-0.2, -0.15) is 0 Å². The first kappa shape index (κ1) is 44.6. The molecule has 1 aliphatic heterocycles. The van der Waals surface area contributed by atoms with E-state index in [4.69, 9.17) is 29.1 Å². The zero-order valence-corrected chi connectivity index (χ0v) is 35.1. The van der Waals surface area contributed by atoms with E-state index in [0.29, 0.717) is 0 Å². The van der Waals surface area contributed by atoms with E-state index in [1.807, 2.05) is 65.6 Å². The number of aliphatic imine (C=N–C) groups is 1. The van der Waals surface area contributed by atoms with Crippen molar-refractivity contribution >= 4 is 47.4 Å². The van der Waals surface area contributed by atoms with Crippen LogP contribution < -0.4 is 15.5 Å². The van der Waals surface area contributed by atoms with E-state index in [1.165, 1.54) is 36.5 Å². The lowest BCUT2D eigenvalue weighted by Crippen LogP contribution is -2.63. The normalized spacial score (nSPS) is 14.9. The molecule has 1 aliphatic rings. The van der Waals surface area contributed by atoms with Crippen molar-refractivity contribution < 1.29 is 47.3 Å². The highest BCUT2D eigenvalue weighted by Crippen LogP contribution is 2.38. The molecule has 0 bridgehead atoms. The molecular weight excluding hydrogens is 771 g/mol. The van der Waals surface area contributed by atoms with Gasteiger partial charge >= 0.3 is 24.1 Å². The summed E-state index contributed by atoms with van der Waals surface area (Å²) < 4.78 is 27.8. The van der Waals surface area contributed by atoms with Crippen molar-refractivity contribution in [2.75, 3.05) is 36.5 Å². The van der Waals surface area contributed by atoms with Gasteiger partial charge in [0.25, 0.3) is 5.91 Å². The summed E-state index contributed by atoms with van der Waals surface area (Å²) in [6, 6.07) is 27.9. The Balaban J connectivity index is 1.51. The van der Waals surface area contributed by atoms with Crippen LogP contribution in [0, 0.1) is 0 Å². The number of hydrogen-bond donors (Lipinski definition) is 1. The van der Waals surface area contributed by atoms with Gasteiger partial charge in [-0.3, -0.25) is 14.5 Å². The minimum absolute atomic E-state index is 0.0565. The van der Waals surface area contributed by atoms with Crippen molar-refractivity contribution in [2.45, 2.75) is 83.6 Å². The Bertz CT molecular complexity index is 2140. The van der Waals surface area contributed by atoms with Crippen LogP contribution in [0.3, 0.4) is 0 Å². The summed E-state index contributed by atoms with van der Waals surface area (Å²) >= 11 is 0. The highest BCUT2D eigenvalue weighted by molar-refractivity contribution is 6.16. The second-order valence-corrected chi connectivity index (χ2v) is 16.3. The van der Waals surface area contributed by atoms with Crippen LogP contribution in [-0.4, -0.2) is 84.4 Å². The summed E-state index contributed by atoms with van der Waals surface area (Å²) in [6.07, 6.45) is -0.521. The molecule has 2 heterocycles. The molecule has 0 spiro atoms. The number of rotatable bonds is 11. The van der Waals surface area contributed by atoms with Gasteiger partial charge in [-0.25, -0.2) is 19.3 Å². The van der Waals surface area contributed by atoms with Crippen molar-refractivity contribution in [3.05, 3.63) is 120 Å². The summed E-state index contributed by atoms with van der Waals surface area (Å²) in [6.45, 7) is 10.9. The van der Waals surface area contributed by atoms with Crippen LogP contribution in [-0.2, 0) is 35.1 Å². The molecule has 15 nitrogen and oxygen atoms in total. The number of esters is 2. The van der Waals surface area contributed by atoms with Gasteiger partial charge in [-0.05, 0) is 95.8 Å². The minimum atomic E-state index is -1.60. The molecule has 5 rings (SSSR count). The van der Waals surface area contributed by atoms with Gasteiger partial charge in [0, 0.05) is 25.3 Å². The third kappa shape index (κ3) is 11.4. The first-order valence-electron chi connectivity index (χ1n) is 19.6. The number of carbonyl (C=O) groups excluding carboxylic acids is 5. The van der Waals surface area contributed by atoms with E-state index in [9.17, 15) is 24.0 Å². The first-order chi connectivity index (χ1) is 28.4. The molecule has 3 amide bonds. The van der Waals surface area contributed by atoms with Crippen LogP contribution in [0.4, 0.5) is 21.0 Å². The van der Waals surface area contributed by atoms with Crippen molar-refractivity contribution in [2.24, 2.45) is 10.7 Å². The van der Waals surface area contributed by atoms with Gasteiger partial charge < -0.3 is 34.0 Å². The van der Waals surface area contributed by atoms with Crippen LogP contribution in [0.1, 0.15) is 82.0 Å². The smallest absolute Gasteiger partial charge is 0.437 e. The number of amides is 3. The van der Waals surface area contributed by atoms with Gasteiger partial charge in [-0.15, -0.1) is 4.99 Å². The quantitative estimate of drug-likeness (QED) is 0.0683. The number of hydrogen-bond acceptors (Lipinski definition) is 11. The molecule has 1 unspecified atom stereocenters. The molecule has 1 atom stereocenters. The molecule has 0 aliphatic carbocycles. The highest BCUT2D eigenvalue weighted by atomic mass is 16.6. The fraction of sp³-hybridized carbons (Fsp3) is 0.378. The van der Waals surface area contributed by atoms with E-state index in [2.05, 4.69) is 4.99 Å². The lowest BCUT2D eigenvalue weighted by Gasteiger charge is -2.46. The van der Waals surface area contributed by atoms with Gasteiger partial charge in [0.2, 0.25) is 5.96 Å². The topological polar surface area (TPSA) is 184 Å². The number of benzene rings is 3. The Morgan fingerprint density at radius 2 is 1.43 bits per heavy atom. The average molecular weight is 824 g/mol. The number of likely N-dealkylation sites (tertiary alicyclic amines) is 1. The Hall–Kier alpha value is -6.48. The molecule has 4 aromatic rings. The largest absolute Gasteiger partial charge is 0.467 e. The standard InChI is InChI=1S/C45H53N5O10/c1-43(2,3)59-41(54)47-40(46)49(42(55)60-44(4,5)6)33-20-14-21-34(28-33)50(37(51)36-22-15-27-57-36)45(39(53)56-7)23-25-48(26-24-45)29-35(32-18-12-9-13-19-32)38(52)58-30-31-16-10-8-11-17-31/h8-22,27-28,35H,23-26,29-30H2,1-7H3,(H2,46,47,54). The molecule has 1 aromatic heterocycles. The molecule has 2 N–H and O–H groups in total. The molecule has 15 heteroatoms. The Morgan fingerprint density at radius 3 is 2.02 bits per heavy atom. The summed E-state index contributed by atoms with van der Waals surface area (Å²) in [5.74, 6) is -3.03. The third-order valence-electron chi connectivity index (χ3n) is 9.51. The number of ether oxygens (including phenoxy) is 4. The lowest BCUT2D eigenvalue weighted by molar-refractivity contribution is -0.150. The van der Waals surface area contributed by atoms with E-state index < -0.39 is 58.7 Å². The number of guanidine groups is 1. The molecule has 0 saturated carbocycles. The number of anilines is 2. The van der Waals surface area contributed by atoms with Crippen LogP contribution in [0.5, 0.6) is 0 Å². The summed E-state index contributed by atoms with van der Waals surface area (Å²) in [4.78, 5) is 77.0. The van der Waals surface area contributed by atoms with Crippen molar-refractivity contribution in [1.29, 1.82) is 0 Å². The number of furan rings is 1. The predicted molar refractivity (Wildman–Crippen MR) is 224 cm³/mol. The molecule has 3 aromatic carbocycles. The average Bonchev–Trinajstić information content (AvgIpc) is 3.74. The minimum Gasteiger partial charge on any atom is -0.467 e. The predicted octanol–water partition coefficient (Wildman–Crippen LogP) is 7.45. The lowest BCUT2D eigenvalue weighted by atomic mass is 9.83. The monoisotopic (exact) mass is 823 g/mol. The van der Waals surface area contributed by atoms with Gasteiger partial charge in [0.1, 0.15) is 23.3 Å². The second-order valence-electron chi connectivity index (χ2n) is 16.3. The summed E-state index contributed by atoms with van der Waals surface area (Å²) in [7, 11) is 1.24. The van der Waals surface area contributed by atoms with Crippen molar-refractivity contribution in [3.63, 3.8) is 0 Å². The molecule has 60 heavy (non-hydrogen) atoms. The van der Waals surface area contributed by atoms with E-state index in [0.717, 1.165) is 16.0 Å². The number of methoxy groups -OCH3 is 1. The summed E-state index contributed by atoms with van der Waals surface area (Å²) in [5.41, 5.74) is 4.69. The molecule has 1 fully saturated rings. The zero-order valence-electron chi connectivity index (χ0n) is 35.1. The molecule has 0 radical (unpaired) electrons. The Morgan fingerprint density at radius 1 is 0.817 bits per heavy atom. The number of nitrogens with zero attached hydrogens (tertiary/aromatic N) is 4. The molecular formula is C45H53N5O10. The maximum Gasteiger partial charge on any atom is 0.437 e.